The van der Waals surface area contributed by atoms with Crippen molar-refractivity contribution in [3.05, 3.63) is 188 Å². The third-order valence-electron chi connectivity index (χ3n) is 10.6. The predicted molar refractivity (Wildman–Crippen MR) is 233 cm³/mol. The summed E-state index contributed by atoms with van der Waals surface area (Å²) in [5.41, 5.74) is 11.2. The van der Waals surface area contributed by atoms with E-state index in [-0.39, 0.29) is 0 Å². The molecule has 5 heteroatoms. The molecule has 0 aliphatic carbocycles. The minimum Gasteiger partial charge on any atom is -0.455 e. The lowest BCUT2D eigenvalue weighted by Gasteiger charge is -2.09. The average molecular weight is 734 g/mol. The van der Waals surface area contributed by atoms with Gasteiger partial charge in [-0.05, 0) is 52.1 Å². The molecule has 262 valence electrons. The summed E-state index contributed by atoms with van der Waals surface area (Å²) in [5, 5.41) is 4.62. The van der Waals surface area contributed by atoms with Gasteiger partial charge in [0.15, 0.2) is 17.5 Å². The van der Waals surface area contributed by atoms with Crippen LogP contribution >= 0.6 is 11.3 Å². The van der Waals surface area contributed by atoms with Crippen LogP contribution in [0.5, 0.6) is 0 Å². The molecular formula is C51H31N3OS. The predicted octanol–water partition coefficient (Wildman–Crippen LogP) is 14.1. The lowest BCUT2D eigenvalue weighted by atomic mass is 9.99. The van der Waals surface area contributed by atoms with E-state index >= 15 is 0 Å². The van der Waals surface area contributed by atoms with Crippen molar-refractivity contribution >= 4 is 53.4 Å². The second-order valence-electron chi connectivity index (χ2n) is 14.0. The van der Waals surface area contributed by atoms with Gasteiger partial charge in [0.05, 0.1) is 5.56 Å². The molecule has 0 bridgehead atoms. The number of aromatic nitrogens is 3. The van der Waals surface area contributed by atoms with E-state index in [0.717, 1.165) is 60.9 Å². The molecule has 0 saturated carbocycles. The maximum absolute atomic E-state index is 6.92. The monoisotopic (exact) mass is 733 g/mol. The number of fused-ring (bicyclic) bond motifs is 6. The Kier molecular flexibility index (Phi) is 7.64. The number of nitrogens with zero attached hydrogens (tertiary/aromatic N) is 3. The lowest BCUT2D eigenvalue weighted by Crippen LogP contribution is -2.00. The van der Waals surface area contributed by atoms with Crippen molar-refractivity contribution in [3.63, 3.8) is 0 Å². The highest BCUT2D eigenvalue weighted by molar-refractivity contribution is 7.25. The van der Waals surface area contributed by atoms with E-state index in [4.69, 9.17) is 19.4 Å². The van der Waals surface area contributed by atoms with Gasteiger partial charge in [-0.2, -0.15) is 0 Å². The van der Waals surface area contributed by atoms with Gasteiger partial charge in [0, 0.05) is 47.6 Å². The molecule has 0 unspecified atom stereocenters. The fourth-order valence-electron chi connectivity index (χ4n) is 7.76. The van der Waals surface area contributed by atoms with Gasteiger partial charge < -0.3 is 4.42 Å². The summed E-state index contributed by atoms with van der Waals surface area (Å²) in [6.07, 6.45) is 0. The Morgan fingerprint density at radius 2 is 0.804 bits per heavy atom. The van der Waals surface area contributed by atoms with Crippen molar-refractivity contribution in [2.45, 2.75) is 0 Å². The molecule has 0 atom stereocenters. The molecule has 0 amide bonds. The van der Waals surface area contributed by atoms with Gasteiger partial charge >= 0.3 is 0 Å². The highest BCUT2D eigenvalue weighted by Crippen LogP contribution is 2.43. The second kappa shape index (κ2) is 13.3. The third-order valence-corrected chi connectivity index (χ3v) is 11.7. The molecule has 0 aliphatic heterocycles. The highest BCUT2D eigenvalue weighted by Gasteiger charge is 2.20. The van der Waals surface area contributed by atoms with E-state index in [1.165, 1.54) is 31.3 Å². The Morgan fingerprint density at radius 1 is 0.304 bits per heavy atom. The minimum absolute atomic E-state index is 0.564. The number of para-hydroxylation sites is 2. The Balaban J connectivity index is 1.03. The van der Waals surface area contributed by atoms with Crippen LogP contribution < -0.4 is 0 Å². The molecule has 11 aromatic rings. The van der Waals surface area contributed by atoms with E-state index in [2.05, 4.69) is 146 Å². The maximum atomic E-state index is 6.92. The quantitative estimate of drug-likeness (QED) is 0.171. The SMILES string of the molecule is c1ccc(-c2ccc(-c3nc(-c4ccccc4)nc(-c4cccc5c4oc4c(-c6ccc7c(c6)sc6ccc(-c8ccccc8)cc67)cccc45)n3)cc2)cc1. The first kappa shape index (κ1) is 32.2. The summed E-state index contributed by atoms with van der Waals surface area (Å²) in [7, 11) is 0. The van der Waals surface area contributed by atoms with Crippen molar-refractivity contribution in [2.24, 2.45) is 0 Å². The van der Waals surface area contributed by atoms with Gasteiger partial charge in [0.1, 0.15) is 11.2 Å². The van der Waals surface area contributed by atoms with Crippen LogP contribution in [-0.4, -0.2) is 15.0 Å². The minimum atomic E-state index is 0.564. The molecule has 56 heavy (non-hydrogen) atoms. The van der Waals surface area contributed by atoms with Crippen LogP contribution in [0.1, 0.15) is 0 Å². The molecule has 3 heterocycles. The second-order valence-corrected chi connectivity index (χ2v) is 15.1. The molecule has 0 saturated heterocycles. The summed E-state index contributed by atoms with van der Waals surface area (Å²) < 4.78 is 9.45. The zero-order chi connectivity index (χ0) is 37.0. The van der Waals surface area contributed by atoms with Gasteiger partial charge in [0.2, 0.25) is 0 Å². The molecule has 0 fully saturated rings. The van der Waals surface area contributed by atoms with Crippen molar-refractivity contribution in [1.29, 1.82) is 0 Å². The zero-order valence-corrected chi connectivity index (χ0v) is 30.9. The van der Waals surface area contributed by atoms with Crippen LogP contribution in [0, 0.1) is 0 Å². The highest BCUT2D eigenvalue weighted by atomic mass is 32.1. The average Bonchev–Trinajstić information content (AvgIpc) is 3.85. The summed E-state index contributed by atoms with van der Waals surface area (Å²) in [6.45, 7) is 0. The topological polar surface area (TPSA) is 51.8 Å². The van der Waals surface area contributed by atoms with Crippen LogP contribution in [0.15, 0.2) is 192 Å². The number of hydrogen-bond acceptors (Lipinski definition) is 5. The van der Waals surface area contributed by atoms with Crippen LogP contribution in [0.2, 0.25) is 0 Å². The number of thiophene rings is 1. The van der Waals surface area contributed by atoms with Crippen molar-refractivity contribution in [3.8, 4) is 67.5 Å². The van der Waals surface area contributed by atoms with E-state index in [1.807, 2.05) is 53.8 Å². The molecule has 0 N–H and O–H groups in total. The summed E-state index contributed by atoms with van der Waals surface area (Å²) in [5.74, 6) is 1.78. The lowest BCUT2D eigenvalue weighted by molar-refractivity contribution is 0.670. The fraction of sp³-hybridized carbons (Fsp3) is 0. The summed E-state index contributed by atoms with van der Waals surface area (Å²) in [4.78, 5) is 15.2. The molecule has 4 nitrogen and oxygen atoms in total. The third kappa shape index (κ3) is 5.56. The molecule has 0 aliphatic rings. The largest absolute Gasteiger partial charge is 0.455 e. The molecule has 0 spiro atoms. The van der Waals surface area contributed by atoms with Crippen LogP contribution in [0.3, 0.4) is 0 Å². The summed E-state index contributed by atoms with van der Waals surface area (Å²) >= 11 is 1.83. The van der Waals surface area contributed by atoms with E-state index < -0.39 is 0 Å². The van der Waals surface area contributed by atoms with Crippen LogP contribution in [0.4, 0.5) is 0 Å². The van der Waals surface area contributed by atoms with Crippen LogP contribution in [0.25, 0.3) is 110 Å². The Bertz CT molecular complexity index is 3230. The molecule has 3 aromatic heterocycles. The van der Waals surface area contributed by atoms with Crippen molar-refractivity contribution < 1.29 is 4.42 Å². The smallest absolute Gasteiger partial charge is 0.167 e. The Labute approximate surface area is 327 Å². The van der Waals surface area contributed by atoms with E-state index in [0.29, 0.717) is 17.5 Å². The number of benzene rings is 8. The first-order valence-corrected chi connectivity index (χ1v) is 19.5. The Hall–Kier alpha value is -7.21. The number of hydrogen-bond donors (Lipinski definition) is 0. The normalized spacial score (nSPS) is 11.6. The van der Waals surface area contributed by atoms with Crippen LogP contribution in [-0.2, 0) is 0 Å². The van der Waals surface area contributed by atoms with Crippen molar-refractivity contribution in [2.75, 3.05) is 0 Å². The van der Waals surface area contributed by atoms with E-state index in [9.17, 15) is 0 Å². The Morgan fingerprint density at radius 3 is 1.48 bits per heavy atom. The first-order valence-electron chi connectivity index (χ1n) is 18.7. The zero-order valence-electron chi connectivity index (χ0n) is 30.1. The molecule has 0 radical (unpaired) electrons. The van der Waals surface area contributed by atoms with Crippen molar-refractivity contribution in [1.82, 2.24) is 15.0 Å². The number of rotatable bonds is 6. The number of furan rings is 1. The fourth-order valence-corrected chi connectivity index (χ4v) is 8.89. The van der Waals surface area contributed by atoms with E-state index in [1.54, 1.807) is 0 Å². The van der Waals surface area contributed by atoms with Gasteiger partial charge in [-0.1, -0.05) is 164 Å². The van der Waals surface area contributed by atoms with Gasteiger partial charge in [-0.15, -0.1) is 11.3 Å². The maximum Gasteiger partial charge on any atom is 0.167 e. The standard InChI is InChI=1S/C51H31N3OS/c1-4-12-32(13-5-1)34-22-24-36(25-23-34)50-52-49(35-16-8-3-9-17-35)53-51(54-50)43-21-11-20-42-41-19-10-18-39(47(41)55-48(42)43)38-26-28-40-44-30-37(33-14-6-2-7-15-33)27-29-45(44)56-46(40)31-38/h1-31H. The van der Waals surface area contributed by atoms with Gasteiger partial charge in [0.25, 0.3) is 0 Å². The van der Waals surface area contributed by atoms with Gasteiger partial charge in [-0.25, -0.2) is 15.0 Å². The first-order chi connectivity index (χ1) is 27.7. The summed E-state index contributed by atoms with van der Waals surface area (Å²) in [6, 6.07) is 65.7. The molecule has 8 aromatic carbocycles. The van der Waals surface area contributed by atoms with Gasteiger partial charge in [-0.3, -0.25) is 0 Å². The molecular weight excluding hydrogens is 703 g/mol. The molecule has 11 rings (SSSR count).